The summed E-state index contributed by atoms with van der Waals surface area (Å²) in [7, 11) is 18.0. The molecule has 0 atom stereocenters. The second-order valence-electron chi connectivity index (χ2n) is 43.7. The summed E-state index contributed by atoms with van der Waals surface area (Å²) in [4.78, 5) is 69.5. The third-order valence-electron chi connectivity index (χ3n) is 29.6. The lowest BCUT2D eigenvalue weighted by Gasteiger charge is -2.54. The van der Waals surface area contributed by atoms with Gasteiger partial charge in [-0.15, -0.1) is 0 Å². The topological polar surface area (TPSA) is 217 Å². The van der Waals surface area contributed by atoms with Gasteiger partial charge in [-0.3, -0.25) is 29.4 Å². The smallest absolute Gasteiger partial charge is 0.232 e. The number of hydrogen-bond acceptors (Lipinski definition) is 24. The van der Waals surface area contributed by atoms with Crippen molar-refractivity contribution in [1.82, 2.24) is 74.3 Å². The number of hydrogen-bond donors (Lipinski definition) is 6. The van der Waals surface area contributed by atoms with Crippen LogP contribution in [0.15, 0.2) is 0 Å². The second-order valence-corrected chi connectivity index (χ2v) is 43.7. The van der Waals surface area contributed by atoms with Crippen LogP contribution in [0.2, 0.25) is 0 Å². The van der Waals surface area contributed by atoms with E-state index in [0.717, 1.165) is 155 Å². The van der Waals surface area contributed by atoms with Gasteiger partial charge >= 0.3 is 0 Å². The number of likely N-dealkylation sites (N-methyl/N-ethyl adjacent to an activating group) is 2. The van der Waals surface area contributed by atoms with E-state index in [4.69, 9.17) is 44.9 Å². The highest BCUT2D eigenvalue weighted by Crippen LogP contribution is 2.47. The molecule has 3 aromatic rings. The van der Waals surface area contributed by atoms with Gasteiger partial charge in [0.1, 0.15) is 0 Å². The van der Waals surface area contributed by atoms with E-state index in [1.165, 1.54) is 0 Å². The number of rotatable bonds is 33. The molecule has 6 N–H and O–H groups in total. The molecule has 6 aliphatic rings. The van der Waals surface area contributed by atoms with Crippen LogP contribution >= 0.6 is 0 Å². The lowest BCUT2D eigenvalue weighted by molar-refractivity contribution is -0.0311. The van der Waals surface area contributed by atoms with Crippen LogP contribution in [0.1, 0.15) is 282 Å². The number of piperidine rings is 6. The van der Waals surface area contributed by atoms with E-state index in [0.29, 0.717) is 115 Å². The monoisotopic (exact) mass is 1550 g/mol. The van der Waals surface area contributed by atoms with Crippen molar-refractivity contribution in [1.29, 1.82) is 0 Å². The molecule has 632 valence electrons. The van der Waals surface area contributed by atoms with Gasteiger partial charge in [-0.2, -0.15) is 44.9 Å². The van der Waals surface area contributed by atoms with Gasteiger partial charge in [0.05, 0.1) is 0 Å². The molecule has 24 heteroatoms. The zero-order chi connectivity index (χ0) is 82.3. The van der Waals surface area contributed by atoms with Gasteiger partial charge in [-0.25, -0.2) is 0 Å². The van der Waals surface area contributed by atoms with Crippen LogP contribution in [-0.2, 0) is 0 Å². The minimum absolute atomic E-state index is 0.0874. The van der Waals surface area contributed by atoms with E-state index >= 15 is 0 Å². The first kappa shape index (κ1) is 89.9. The largest absolute Gasteiger partial charge is 0.354 e. The van der Waals surface area contributed by atoms with E-state index in [1.54, 1.807) is 0 Å². The van der Waals surface area contributed by atoms with Crippen molar-refractivity contribution in [2.24, 2.45) is 35.5 Å². The van der Waals surface area contributed by atoms with E-state index < -0.39 is 0 Å². The summed E-state index contributed by atoms with van der Waals surface area (Å²) in [6.45, 7) is 64.3. The third-order valence-corrected chi connectivity index (χ3v) is 29.6. The first-order chi connectivity index (χ1) is 51.1. The Morgan fingerprint density at radius 1 is 0.234 bits per heavy atom. The molecule has 0 bridgehead atoms. The summed E-state index contributed by atoms with van der Waals surface area (Å²) in [5.41, 5.74) is 1.19. The standard InChI is InChI=1S/C87H164N24/c1-76(2)49-61(50-77(3,4)105(76)27)33-39-88-67-94-68(89-40-34-62-51-78(5,6)106(28)79(7,8)52-62)98-73(97-67)103(25)45-47-111(75-101-71(92-43-37-65-57-84(17,18)109(31)85(19,20)58-65)96-72(102-75)93-44-38-66-59-86(21,22)110(32)87(23,24)60-66)48-46-104(26)74-99-69(90-41-35-63-53-80(9,10)107(29)81(11,12)54-63)95-70(100-74)91-42-36-64-55-82(13,14)108(30)83(15,16)56-64/h61-66H,33-60H2,1-32H3,(H2,88,89,94,97,98)(H2,90,91,95,99,100)(H2,92,93,96,101,102). The Labute approximate surface area is 676 Å². The molecule has 111 heavy (non-hydrogen) atoms. The van der Waals surface area contributed by atoms with Crippen LogP contribution in [-0.4, -0.2) is 263 Å². The van der Waals surface area contributed by atoms with Gasteiger partial charge in [0, 0.05) is 146 Å². The number of aromatic nitrogens is 9. The normalized spacial score (nSPS) is 24.4. The van der Waals surface area contributed by atoms with Crippen LogP contribution in [0.3, 0.4) is 0 Å². The van der Waals surface area contributed by atoms with Crippen LogP contribution < -0.4 is 46.6 Å². The molecule has 9 heterocycles. The van der Waals surface area contributed by atoms with E-state index in [2.05, 4.69) is 299 Å². The van der Waals surface area contributed by atoms with E-state index in [-0.39, 0.29) is 66.5 Å². The summed E-state index contributed by atoms with van der Waals surface area (Å²) in [5.74, 6) is 8.68. The maximum atomic E-state index is 5.43. The SMILES string of the molecule is CN(CCN(CCN(C)c1nc(NCCC2CC(C)(C)N(C)C(C)(C)C2)nc(NCCC2CC(C)(C)N(C)C(C)(C)C2)n1)c1nc(NCCC2CC(C)(C)N(C)C(C)(C)C2)nc(NCCC2CC(C)(C)N(C)C(C)(C)C2)n1)c1nc(NCCC2CC(C)(C)N(C)C(C)(C)C2)nc(NCCC2CC(C)(C)N(C)C(C)(C)C2)n1. The highest BCUT2D eigenvalue weighted by molar-refractivity contribution is 5.48. The van der Waals surface area contributed by atoms with Crippen LogP contribution in [0.25, 0.3) is 0 Å². The Hall–Kier alpha value is -5.01. The summed E-state index contributed by atoms with van der Waals surface area (Å²) < 4.78 is 0. The molecule has 0 unspecified atom stereocenters. The first-order valence-electron chi connectivity index (χ1n) is 43.4. The molecule has 6 fully saturated rings. The predicted octanol–water partition coefficient (Wildman–Crippen LogP) is 15.5. The molecule has 6 saturated heterocycles. The van der Waals surface area contributed by atoms with Gasteiger partial charge in [-0.1, -0.05) is 0 Å². The summed E-state index contributed by atoms with van der Waals surface area (Å²) in [6.07, 6.45) is 19.8. The molecular weight excluding hydrogens is 1380 g/mol. The molecule has 24 nitrogen and oxygen atoms in total. The van der Waals surface area contributed by atoms with Crippen molar-refractivity contribution in [3.05, 3.63) is 0 Å². The Morgan fingerprint density at radius 2 is 0.378 bits per heavy atom. The Balaban J connectivity index is 1.03. The molecule has 0 radical (unpaired) electrons. The van der Waals surface area contributed by atoms with Crippen molar-refractivity contribution in [3.8, 4) is 0 Å². The summed E-state index contributed by atoms with van der Waals surface area (Å²) in [5, 5.41) is 22.6. The number of nitrogens with zero attached hydrogens (tertiary/aromatic N) is 18. The Morgan fingerprint density at radius 3 is 0.532 bits per heavy atom. The van der Waals surface area contributed by atoms with Crippen LogP contribution in [0.4, 0.5) is 53.5 Å². The maximum Gasteiger partial charge on any atom is 0.232 e. The minimum atomic E-state index is 0.0874. The van der Waals surface area contributed by atoms with Crippen LogP contribution in [0.5, 0.6) is 0 Å². The van der Waals surface area contributed by atoms with Crippen molar-refractivity contribution in [3.63, 3.8) is 0 Å². The molecule has 0 amide bonds. The summed E-state index contributed by atoms with van der Waals surface area (Å²) >= 11 is 0. The van der Waals surface area contributed by atoms with Gasteiger partial charge in [0.15, 0.2) is 0 Å². The highest BCUT2D eigenvalue weighted by atomic mass is 15.4. The van der Waals surface area contributed by atoms with Gasteiger partial charge in [-0.05, 0) is 360 Å². The fourth-order valence-corrected chi connectivity index (χ4v) is 22.1. The molecule has 3 aromatic heterocycles. The van der Waals surface area contributed by atoms with Gasteiger partial charge in [0.25, 0.3) is 0 Å². The van der Waals surface area contributed by atoms with Crippen molar-refractivity contribution >= 4 is 53.5 Å². The van der Waals surface area contributed by atoms with Crippen molar-refractivity contribution in [2.45, 2.75) is 348 Å². The quantitative estimate of drug-likeness (QED) is 0.0334. The highest BCUT2D eigenvalue weighted by Gasteiger charge is 2.49. The third kappa shape index (κ3) is 22.8. The molecule has 0 saturated carbocycles. The Kier molecular flexibility index (Phi) is 27.8. The van der Waals surface area contributed by atoms with Gasteiger partial charge in [0.2, 0.25) is 53.5 Å². The Bertz CT molecular complexity index is 3040. The van der Waals surface area contributed by atoms with E-state index in [1.807, 2.05) is 0 Å². The first-order valence-corrected chi connectivity index (χ1v) is 43.4. The molecule has 6 aliphatic heterocycles. The lowest BCUT2D eigenvalue weighted by Crippen LogP contribution is -2.58. The average molecular weight is 1550 g/mol. The zero-order valence-electron chi connectivity index (χ0n) is 76.8. The number of likely N-dealkylation sites (tertiary alicyclic amines) is 6. The zero-order valence-corrected chi connectivity index (χ0v) is 76.8. The number of nitrogens with one attached hydrogen (secondary N) is 6. The minimum Gasteiger partial charge on any atom is -0.354 e. The second kappa shape index (κ2) is 34.3. The molecule has 0 aliphatic carbocycles. The lowest BCUT2D eigenvalue weighted by atomic mass is 9.73. The van der Waals surface area contributed by atoms with Gasteiger partial charge < -0.3 is 46.6 Å². The average Bonchev–Trinajstić information content (AvgIpc) is 0.801. The number of anilines is 9. The van der Waals surface area contributed by atoms with Crippen molar-refractivity contribution < 1.29 is 0 Å². The molecule has 0 aromatic carbocycles. The van der Waals surface area contributed by atoms with Crippen molar-refractivity contribution in [2.75, 3.05) is 168 Å². The molecular formula is C87H164N24. The maximum absolute atomic E-state index is 5.43. The predicted molar refractivity (Wildman–Crippen MR) is 469 cm³/mol. The van der Waals surface area contributed by atoms with E-state index in [9.17, 15) is 0 Å². The summed E-state index contributed by atoms with van der Waals surface area (Å²) in [6, 6.07) is 0. The van der Waals surface area contributed by atoms with Crippen LogP contribution in [0, 0.1) is 35.5 Å². The molecule has 0 spiro atoms. The fourth-order valence-electron chi connectivity index (χ4n) is 22.1. The molecule has 9 rings (SSSR count). The fraction of sp³-hybridized carbons (Fsp3) is 0.897.